The van der Waals surface area contributed by atoms with E-state index < -0.39 is 4.92 Å². The van der Waals surface area contributed by atoms with Crippen LogP contribution in [0.4, 0.5) is 5.69 Å². The number of benzene rings is 1. The van der Waals surface area contributed by atoms with E-state index in [0.717, 1.165) is 0 Å². The zero-order valence-corrected chi connectivity index (χ0v) is 8.34. The van der Waals surface area contributed by atoms with Crippen LogP contribution in [0.1, 0.15) is 5.56 Å². The number of ether oxygens (including phenoxy) is 1. The van der Waals surface area contributed by atoms with Crippen molar-refractivity contribution in [1.82, 2.24) is 5.32 Å². The van der Waals surface area contributed by atoms with E-state index in [9.17, 15) is 10.1 Å². The van der Waals surface area contributed by atoms with Gasteiger partial charge in [-0.3, -0.25) is 10.1 Å². The lowest BCUT2D eigenvalue weighted by Crippen LogP contribution is -2.50. The molecular weight excluding hydrogens is 210 g/mol. The van der Waals surface area contributed by atoms with Crippen LogP contribution in [0.2, 0.25) is 0 Å². The van der Waals surface area contributed by atoms with Crippen LogP contribution in [-0.4, -0.2) is 24.1 Å². The molecule has 0 spiro atoms. The number of nitrogens with one attached hydrogen (secondary N) is 1. The Morgan fingerprint density at radius 2 is 2.31 bits per heavy atom. The number of nitro benzene ring substituents is 1. The summed E-state index contributed by atoms with van der Waals surface area (Å²) in [6, 6.07) is 6.28. The number of nitriles is 1. The molecule has 1 aliphatic heterocycles. The fourth-order valence-corrected chi connectivity index (χ4v) is 1.42. The van der Waals surface area contributed by atoms with Gasteiger partial charge in [0.25, 0.3) is 0 Å². The van der Waals surface area contributed by atoms with Gasteiger partial charge in [0.2, 0.25) is 0 Å². The quantitative estimate of drug-likeness (QED) is 0.600. The van der Waals surface area contributed by atoms with E-state index in [4.69, 9.17) is 10.00 Å². The van der Waals surface area contributed by atoms with Crippen molar-refractivity contribution in [2.24, 2.45) is 0 Å². The van der Waals surface area contributed by atoms with Crippen LogP contribution in [0.3, 0.4) is 0 Å². The van der Waals surface area contributed by atoms with Crippen molar-refractivity contribution in [3.8, 4) is 11.8 Å². The Balaban J connectivity index is 2.35. The number of nitrogens with zero attached hydrogens (tertiary/aromatic N) is 2. The summed E-state index contributed by atoms with van der Waals surface area (Å²) in [5.74, 6) is 0.163. The summed E-state index contributed by atoms with van der Waals surface area (Å²) in [7, 11) is 0. The fourth-order valence-electron chi connectivity index (χ4n) is 1.42. The SMILES string of the molecule is N#Cc1cccc(OC2CNC2)c1[N+](=O)[O-]. The molecule has 1 aliphatic rings. The van der Waals surface area contributed by atoms with Crippen molar-refractivity contribution < 1.29 is 9.66 Å². The number of hydrogen-bond acceptors (Lipinski definition) is 5. The summed E-state index contributed by atoms with van der Waals surface area (Å²) in [6.07, 6.45) is -0.0485. The molecule has 1 saturated heterocycles. The Morgan fingerprint density at radius 3 is 2.81 bits per heavy atom. The molecule has 1 heterocycles. The Kier molecular flexibility index (Phi) is 2.70. The highest BCUT2D eigenvalue weighted by Crippen LogP contribution is 2.31. The van der Waals surface area contributed by atoms with E-state index in [1.165, 1.54) is 12.1 Å². The maximum Gasteiger partial charge on any atom is 0.328 e. The van der Waals surface area contributed by atoms with Crippen LogP contribution in [0.5, 0.6) is 5.75 Å². The first-order valence-electron chi connectivity index (χ1n) is 4.77. The van der Waals surface area contributed by atoms with Crippen LogP contribution >= 0.6 is 0 Å². The molecule has 2 rings (SSSR count). The lowest BCUT2D eigenvalue weighted by atomic mass is 10.1. The lowest BCUT2D eigenvalue weighted by Gasteiger charge is -2.27. The summed E-state index contributed by atoms with van der Waals surface area (Å²) in [5, 5.41) is 22.6. The molecule has 0 bridgehead atoms. The first-order valence-corrected chi connectivity index (χ1v) is 4.77. The maximum atomic E-state index is 10.8. The van der Waals surface area contributed by atoms with Crippen LogP contribution < -0.4 is 10.1 Å². The molecule has 1 aromatic carbocycles. The normalized spacial score (nSPS) is 14.9. The van der Waals surface area contributed by atoms with E-state index in [1.54, 1.807) is 12.1 Å². The number of para-hydroxylation sites is 1. The molecule has 0 saturated carbocycles. The van der Waals surface area contributed by atoms with Crippen LogP contribution in [0, 0.1) is 21.4 Å². The van der Waals surface area contributed by atoms with Crippen LogP contribution in [0.25, 0.3) is 0 Å². The van der Waals surface area contributed by atoms with Crippen LogP contribution in [-0.2, 0) is 0 Å². The van der Waals surface area contributed by atoms with Gasteiger partial charge in [0.05, 0.1) is 4.92 Å². The zero-order valence-electron chi connectivity index (χ0n) is 8.34. The number of rotatable bonds is 3. The van der Waals surface area contributed by atoms with E-state index in [-0.39, 0.29) is 23.1 Å². The minimum absolute atomic E-state index is 0.0229. The van der Waals surface area contributed by atoms with Gasteiger partial charge in [0.1, 0.15) is 17.7 Å². The molecule has 6 nitrogen and oxygen atoms in total. The summed E-state index contributed by atoms with van der Waals surface area (Å²) in [5.41, 5.74) is -0.230. The molecule has 0 radical (unpaired) electrons. The van der Waals surface area contributed by atoms with Gasteiger partial charge in [-0.1, -0.05) is 6.07 Å². The van der Waals surface area contributed by atoms with Gasteiger partial charge in [-0.05, 0) is 12.1 Å². The number of nitro groups is 1. The second-order valence-electron chi connectivity index (χ2n) is 3.42. The smallest absolute Gasteiger partial charge is 0.328 e. The monoisotopic (exact) mass is 219 g/mol. The third kappa shape index (κ3) is 1.81. The molecule has 0 aromatic heterocycles. The second kappa shape index (κ2) is 4.16. The second-order valence-corrected chi connectivity index (χ2v) is 3.42. The number of hydrogen-bond donors (Lipinski definition) is 1. The van der Waals surface area contributed by atoms with Gasteiger partial charge in [0, 0.05) is 13.1 Å². The third-order valence-electron chi connectivity index (χ3n) is 2.34. The minimum atomic E-state index is -0.583. The third-order valence-corrected chi connectivity index (χ3v) is 2.34. The molecule has 6 heteroatoms. The molecule has 0 amide bonds. The molecule has 0 unspecified atom stereocenters. The molecule has 16 heavy (non-hydrogen) atoms. The predicted molar refractivity (Wildman–Crippen MR) is 55.1 cm³/mol. The van der Waals surface area contributed by atoms with Gasteiger partial charge in [-0.2, -0.15) is 5.26 Å². The van der Waals surface area contributed by atoms with Gasteiger partial charge < -0.3 is 10.1 Å². The molecule has 1 aromatic rings. The largest absolute Gasteiger partial charge is 0.481 e. The summed E-state index contributed by atoms with van der Waals surface area (Å²) in [6.45, 7) is 1.35. The fraction of sp³-hybridized carbons (Fsp3) is 0.300. The average Bonchev–Trinajstić information content (AvgIpc) is 2.22. The molecule has 82 valence electrons. The minimum Gasteiger partial charge on any atom is -0.481 e. The molecular formula is C10H9N3O3. The average molecular weight is 219 g/mol. The molecule has 0 aliphatic carbocycles. The summed E-state index contributed by atoms with van der Waals surface area (Å²) in [4.78, 5) is 10.3. The Bertz CT molecular complexity index is 463. The van der Waals surface area contributed by atoms with Crippen molar-refractivity contribution in [3.05, 3.63) is 33.9 Å². The van der Waals surface area contributed by atoms with Gasteiger partial charge in [0.15, 0.2) is 5.75 Å². The van der Waals surface area contributed by atoms with Crippen molar-refractivity contribution in [2.75, 3.05) is 13.1 Å². The van der Waals surface area contributed by atoms with Crippen molar-refractivity contribution >= 4 is 5.69 Å². The van der Waals surface area contributed by atoms with Crippen molar-refractivity contribution in [1.29, 1.82) is 5.26 Å². The van der Waals surface area contributed by atoms with Crippen molar-refractivity contribution in [3.63, 3.8) is 0 Å². The molecule has 0 atom stereocenters. The summed E-state index contributed by atoms with van der Waals surface area (Å²) >= 11 is 0. The van der Waals surface area contributed by atoms with E-state index in [0.29, 0.717) is 13.1 Å². The van der Waals surface area contributed by atoms with Gasteiger partial charge in [-0.15, -0.1) is 0 Å². The van der Waals surface area contributed by atoms with E-state index >= 15 is 0 Å². The highest BCUT2D eigenvalue weighted by molar-refractivity contribution is 5.58. The highest BCUT2D eigenvalue weighted by atomic mass is 16.6. The Labute approximate surface area is 91.6 Å². The first kappa shape index (κ1) is 10.4. The Hall–Kier alpha value is -2.13. The van der Waals surface area contributed by atoms with E-state index in [2.05, 4.69) is 5.32 Å². The van der Waals surface area contributed by atoms with Gasteiger partial charge >= 0.3 is 5.69 Å². The zero-order chi connectivity index (χ0) is 11.5. The lowest BCUT2D eigenvalue weighted by molar-refractivity contribution is -0.386. The maximum absolute atomic E-state index is 10.8. The standard InChI is InChI=1S/C10H9N3O3/c11-4-7-2-1-3-9(10(7)13(14)15)16-8-5-12-6-8/h1-3,8,12H,5-6H2. The van der Waals surface area contributed by atoms with Crippen LogP contribution in [0.15, 0.2) is 18.2 Å². The molecule has 1 N–H and O–H groups in total. The van der Waals surface area contributed by atoms with E-state index in [1.807, 2.05) is 0 Å². The Morgan fingerprint density at radius 1 is 1.56 bits per heavy atom. The first-order chi connectivity index (χ1) is 7.72. The molecule has 1 fully saturated rings. The van der Waals surface area contributed by atoms with Gasteiger partial charge in [-0.25, -0.2) is 0 Å². The topological polar surface area (TPSA) is 88.2 Å². The summed E-state index contributed by atoms with van der Waals surface area (Å²) < 4.78 is 5.43. The predicted octanol–water partition coefficient (Wildman–Crippen LogP) is 0.817. The highest BCUT2D eigenvalue weighted by Gasteiger charge is 2.25. The van der Waals surface area contributed by atoms with Crippen molar-refractivity contribution in [2.45, 2.75) is 6.10 Å².